The molecule has 0 aromatic heterocycles. The van der Waals surface area contributed by atoms with Crippen LogP contribution in [-0.4, -0.2) is 62.5 Å². The van der Waals surface area contributed by atoms with Crippen LogP contribution in [-0.2, 0) is 10.0 Å². The highest BCUT2D eigenvalue weighted by molar-refractivity contribution is 7.89. The fourth-order valence-corrected chi connectivity index (χ4v) is 4.88. The van der Waals surface area contributed by atoms with E-state index < -0.39 is 15.9 Å². The van der Waals surface area contributed by atoms with Gasteiger partial charge in [-0.05, 0) is 50.7 Å². The molecule has 3 rings (SSSR count). The minimum absolute atomic E-state index is 0.100. The number of ketones is 1. The smallest absolute Gasteiger partial charge is 0.255 e. The van der Waals surface area contributed by atoms with Crippen LogP contribution in [0.2, 0.25) is 0 Å². The third-order valence-corrected chi connectivity index (χ3v) is 7.10. The minimum Gasteiger partial charge on any atom is -0.322 e. The number of aryl methyl sites for hydroxylation is 1. The zero-order valence-corrected chi connectivity index (χ0v) is 17.6. The van der Waals surface area contributed by atoms with Crippen LogP contribution in [0.3, 0.4) is 0 Å². The van der Waals surface area contributed by atoms with Crippen molar-refractivity contribution < 1.29 is 18.0 Å². The SMILES string of the molecule is CC(=O)c1cccc(NC(=O)c2ccc(C)c(S(=O)(=O)N3CCN(C)CC3)c2)c1. The van der Waals surface area contributed by atoms with Crippen LogP contribution in [0, 0.1) is 6.92 Å². The summed E-state index contributed by atoms with van der Waals surface area (Å²) in [4.78, 5) is 26.5. The van der Waals surface area contributed by atoms with Gasteiger partial charge >= 0.3 is 0 Å². The van der Waals surface area contributed by atoms with Gasteiger partial charge in [-0.1, -0.05) is 18.2 Å². The lowest BCUT2D eigenvalue weighted by Crippen LogP contribution is -2.47. The van der Waals surface area contributed by atoms with Gasteiger partial charge in [-0.15, -0.1) is 0 Å². The summed E-state index contributed by atoms with van der Waals surface area (Å²) in [5.41, 5.74) is 1.81. The summed E-state index contributed by atoms with van der Waals surface area (Å²) >= 11 is 0. The van der Waals surface area contributed by atoms with Crippen LogP contribution in [0.5, 0.6) is 0 Å². The molecule has 1 heterocycles. The molecule has 7 nitrogen and oxygen atoms in total. The summed E-state index contributed by atoms with van der Waals surface area (Å²) < 4.78 is 27.7. The van der Waals surface area contributed by atoms with Crippen LogP contribution in [0.4, 0.5) is 5.69 Å². The van der Waals surface area contributed by atoms with E-state index in [1.807, 2.05) is 7.05 Å². The lowest BCUT2D eigenvalue weighted by atomic mass is 10.1. The van der Waals surface area contributed by atoms with Crippen molar-refractivity contribution >= 4 is 27.4 Å². The standard InChI is InChI=1S/C21H25N3O4S/c1-15-7-8-18(21(26)22-19-6-4-5-17(13-19)16(2)25)14-20(15)29(27,28)24-11-9-23(3)10-12-24/h4-8,13-14H,9-12H2,1-3H3,(H,22,26). The molecule has 29 heavy (non-hydrogen) atoms. The maximum atomic E-state index is 13.1. The first-order chi connectivity index (χ1) is 13.7. The summed E-state index contributed by atoms with van der Waals surface area (Å²) in [6.07, 6.45) is 0. The van der Waals surface area contributed by atoms with Gasteiger partial charge in [0.15, 0.2) is 5.78 Å². The summed E-state index contributed by atoms with van der Waals surface area (Å²) in [6.45, 7) is 5.37. The van der Waals surface area contributed by atoms with Crippen molar-refractivity contribution in [1.29, 1.82) is 0 Å². The Bertz CT molecular complexity index is 1040. The summed E-state index contributed by atoms with van der Waals surface area (Å²) in [6, 6.07) is 11.3. The third kappa shape index (κ3) is 4.72. The van der Waals surface area contributed by atoms with E-state index in [9.17, 15) is 18.0 Å². The first-order valence-corrected chi connectivity index (χ1v) is 10.8. The zero-order chi connectivity index (χ0) is 21.2. The molecule has 2 aromatic rings. The Hall–Kier alpha value is -2.55. The molecule has 0 radical (unpaired) electrons. The minimum atomic E-state index is -3.68. The van der Waals surface area contributed by atoms with Gasteiger partial charge in [-0.25, -0.2) is 8.42 Å². The number of benzene rings is 2. The highest BCUT2D eigenvalue weighted by Gasteiger charge is 2.29. The third-order valence-electron chi connectivity index (χ3n) is 5.06. The van der Waals surface area contributed by atoms with Crippen LogP contribution >= 0.6 is 0 Å². The fraction of sp³-hybridized carbons (Fsp3) is 0.333. The number of amides is 1. The molecule has 1 aliphatic rings. The Kier molecular flexibility index (Phi) is 6.16. The molecular formula is C21H25N3O4S. The Balaban J connectivity index is 1.86. The number of carbonyl (C=O) groups is 2. The number of rotatable bonds is 5. The van der Waals surface area contributed by atoms with Crippen LogP contribution in [0.25, 0.3) is 0 Å². The molecule has 0 unspecified atom stereocenters. The molecule has 1 aliphatic heterocycles. The molecule has 0 spiro atoms. The van der Waals surface area contributed by atoms with Crippen LogP contribution in [0.15, 0.2) is 47.4 Å². The summed E-state index contributed by atoms with van der Waals surface area (Å²) in [5, 5.41) is 2.73. The van der Waals surface area contributed by atoms with Gasteiger partial charge in [-0.2, -0.15) is 4.31 Å². The van der Waals surface area contributed by atoms with Crippen molar-refractivity contribution in [3.63, 3.8) is 0 Å². The van der Waals surface area contributed by atoms with E-state index in [4.69, 9.17) is 0 Å². The van der Waals surface area contributed by atoms with Crippen molar-refractivity contribution in [1.82, 2.24) is 9.21 Å². The van der Waals surface area contributed by atoms with Gasteiger partial charge in [-0.3, -0.25) is 9.59 Å². The van der Waals surface area contributed by atoms with Gasteiger partial charge < -0.3 is 10.2 Å². The predicted molar refractivity (Wildman–Crippen MR) is 112 cm³/mol. The molecule has 0 bridgehead atoms. The topological polar surface area (TPSA) is 86.8 Å². The summed E-state index contributed by atoms with van der Waals surface area (Å²) in [5.74, 6) is -0.530. The Labute approximate surface area is 171 Å². The van der Waals surface area contributed by atoms with Gasteiger partial charge in [0, 0.05) is 43.0 Å². The van der Waals surface area contributed by atoms with Gasteiger partial charge in [0.2, 0.25) is 10.0 Å². The normalized spacial score (nSPS) is 15.8. The van der Waals surface area contributed by atoms with E-state index in [2.05, 4.69) is 10.2 Å². The Morgan fingerprint density at radius 3 is 2.31 bits per heavy atom. The molecule has 8 heteroatoms. The molecule has 1 saturated heterocycles. The van der Waals surface area contributed by atoms with E-state index in [1.165, 1.54) is 17.3 Å². The van der Waals surface area contributed by atoms with Crippen LogP contribution < -0.4 is 5.32 Å². The first-order valence-electron chi connectivity index (χ1n) is 9.40. The number of piperazine rings is 1. The molecular weight excluding hydrogens is 390 g/mol. The highest BCUT2D eigenvalue weighted by Crippen LogP contribution is 2.23. The highest BCUT2D eigenvalue weighted by atomic mass is 32.2. The van der Waals surface area contributed by atoms with E-state index in [-0.39, 0.29) is 16.2 Å². The number of hydrogen-bond acceptors (Lipinski definition) is 5. The number of sulfonamides is 1. The van der Waals surface area contributed by atoms with Gasteiger partial charge in [0.25, 0.3) is 5.91 Å². The largest absolute Gasteiger partial charge is 0.322 e. The average molecular weight is 416 g/mol. The van der Waals surface area contributed by atoms with Gasteiger partial charge in [0.05, 0.1) is 4.90 Å². The molecule has 1 N–H and O–H groups in total. The quantitative estimate of drug-likeness (QED) is 0.758. The monoisotopic (exact) mass is 415 g/mol. The van der Waals surface area contributed by atoms with Gasteiger partial charge in [0.1, 0.15) is 0 Å². The maximum Gasteiger partial charge on any atom is 0.255 e. The van der Waals surface area contributed by atoms with E-state index >= 15 is 0 Å². The van der Waals surface area contributed by atoms with Crippen molar-refractivity contribution in [2.24, 2.45) is 0 Å². The number of anilines is 1. The second-order valence-corrected chi connectivity index (χ2v) is 9.19. The Morgan fingerprint density at radius 1 is 0.966 bits per heavy atom. The molecule has 2 aromatic carbocycles. The molecule has 154 valence electrons. The number of Topliss-reactive ketones (excluding diaryl/α,β-unsaturated/α-hetero) is 1. The second kappa shape index (κ2) is 8.44. The average Bonchev–Trinajstić information content (AvgIpc) is 2.68. The fourth-order valence-electron chi connectivity index (χ4n) is 3.21. The van der Waals surface area contributed by atoms with Crippen LogP contribution in [0.1, 0.15) is 33.2 Å². The summed E-state index contributed by atoms with van der Waals surface area (Å²) in [7, 11) is -1.72. The lowest BCUT2D eigenvalue weighted by Gasteiger charge is -2.32. The number of nitrogens with one attached hydrogen (secondary N) is 1. The molecule has 0 saturated carbocycles. The molecule has 1 amide bonds. The lowest BCUT2D eigenvalue weighted by molar-refractivity contribution is 0.101. The van der Waals surface area contributed by atoms with E-state index in [0.29, 0.717) is 43.0 Å². The number of hydrogen-bond donors (Lipinski definition) is 1. The molecule has 0 atom stereocenters. The van der Waals surface area contributed by atoms with Crippen molar-refractivity contribution in [2.75, 3.05) is 38.5 Å². The second-order valence-electron chi connectivity index (χ2n) is 7.28. The number of nitrogens with zero attached hydrogens (tertiary/aromatic N) is 2. The van der Waals surface area contributed by atoms with Crippen molar-refractivity contribution in [3.8, 4) is 0 Å². The Morgan fingerprint density at radius 2 is 1.66 bits per heavy atom. The van der Waals surface area contributed by atoms with Crippen molar-refractivity contribution in [3.05, 3.63) is 59.2 Å². The zero-order valence-electron chi connectivity index (χ0n) is 16.8. The van der Waals surface area contributed by atoms with E-state index in [0.717, 1.165) is 0 Å². The number of carbonyl (C=O) groups excluding carboxylic acids is 2. The maximum absolute atomic E-state index is 13.1. The first kappa shape index (κ1) is 21.2. The number of likely N-dealkylation sites (N-methyl/N-ethyl adjacent to an activating group) is 1. The van der Waals surface area contributed by atoms with Crippen molar-refractivity contribution in [2.45, 2.75) is 18.7 Å². The molecule has 1 fully saturated rings. The molecule has 0 aliphatic carbocycles. The predicted octanol–water partition coefficient (Wildman–Crippen LogP) is 2.39. The van der Waals surface area contributed by atoms with E-state index in [1.54, 1.807) is 43.3 Å².